The van der Waals surface area contributed by atoms with Gasteiger partial charge < -0.3 is 4.90 Å². The lowest BCUT2D eigenvalue weighted by Crippen LogP contribution is -2.71. The average molecular weight is 880 g/mol. The summed E-state index contributed by atoms with van der Waals surface area (Å²) in [4.78, 5) is 2.64. The fourth-order valence-electron chi connectivity index (χ4n) is 12.8. The quantitative estimate of drug-likeness (QED) is 0.149. The van der Waals surface area contributed by atoms with Crippen molar-refractivity contribution in [3.8, 4) is 33.4 Å². The molecule has 4 aliphatic rings. The third-order valence-electron chi connectivity index (χ3n) is 15.8. The van der Waals surface area contributed by atoms with Crippen molar-refractivity contribution < 1.29 is 0 Å². The van der Waals surface area contributed by atoms with Crippen LogP contribution in [0.5, 0.6) is 0 Å². The van der Waals surface area contributed by atoms with Gasteiger partial charge in [-0.3, -0.25) is 0 Å². The van der Waals surface area contributed by atoms with Crippen LogP contribution in [0, 0.1) is 0 Å². The summed E-state index contributed by atoms with van der Waals surface area (Å²) in [5, 5.41) is 8.73. The van der Waals surface area contributed by atoms with Crippen molar-refractivity contribution in [2.75, 3.05) is 4.90 Å². The van der Waals surface area contributed by atoms with E-state index in [9.17, 15) is 0 Å². The van der Waals surface area contributed by atoms with E-state index in [2.05, 4.69) is 234 Å². The molecule has 0 unspecified atom stereocenters. The second-order valence-corrected chi connectivity index (χ2v) is 25.9. The van der Waals surface area contributed by atoms with Crippen molar-refractivity contribution in [2.24, 2.45) is 0 Å². The molecule has 0 radical (unpaired) electrons. The third kappa shape index (κ3) is 4.74. The molecule has 0 bridgehead atoms. The second-order valence-electron chi connectivity index (χ2n) is 21.2. The molecule has 0 saturated carbocycles. The Labute approximate surface area is 392 Å². The average Bonchev–Trinajstić information content (AvgIpc) is 4.03. The minimum atomic E-state index is -2.87. The number of hydrogen-bond donors (Lipinski definition) is 0. The minimum absolute atomic E-state index is 0.00531. The number of thiophene rings is 1. The summed E-state index contributed by atoms with van der Waals surface area (Å²) in [7, 11) is -2.87. The second kappa shape index (κ2) is 13.0. The zero-order valence-electron chi connectivity index (χ0n) is 38.3. The first kappa shape index (κ1) is 38.5. The summed E-state index contributed by atoms with van der Waals surface area (Å²) in [5.74, 6) is 0. The van der Waals surface area contributed by atoms with Gasteiger partial charge in [0.15, 0.2) is 8.07 Å². The molecule has 3 heteroatoms. The maximum absolute atomic E-state index is 2.87. The Balaban J connectivity index is 1.10. The summed E-state index contributed by atoms with van der Waals surface area (Å²) in [6.07, 6.45) is 0. The molecule has 0 amide bonds. The number of nitrogens with zero attached hydrogens (tertiary/aromatic N) is 1. The van der Waals surface area contributed by atoms with Crippen molar-refractivity contribution >= 4 is 77.4 Å². The van der Waals surface area contributed by atoms with Gasteiger partial charge in [-0.05, 0) is 135 Å². The molecular formula is C63H49NSSi. The monoisotopic (exact) mass is 879 g/mol. The summed E-state index contributed by atoms with van der Waals surface area (Å²) < 4.78 is 2.64. The van der Waals surface area contributed by atoms with Crippen molar-refractivity contribution in [3.05, 3.63) is 221 Å². The van der Waals surface area contributed by atoms with Gasteiger partial charge in [-0.25, -0.2) is 0 Å². The molecule has 10 aromatic rings. The van der Waals surface area contributed by atoms with Crippen LogP contribution in [0.1, 0.15) is 74.9 Å². The molecule has 0 fully saturated rings. The molecule has 316 valence electrons. The van der Waals surface area contributed by atoms with E-state index in [4.69, 9.17) is 0 Å². The molecule has 4 heterocycles. The van der Waals surface area contributed by atoms with Gasteiger partial charge in [0.1, 0.15) is 0 Å². The van der Waals surface area contributed by atoms with Crippen LogP contribution in [0.3, 0.4) is 0 Å². The summed E-state index contributed by atoms with van der Waals surface area (Å²) >= 11 is 1.91. The van der Waals surface area contributed by atoms with E-state index in [1.54, 1.807) is 0 Å². The van der Waals surface area contributed by atoms with Gasteiger partial charge in [0.2, 0.25) is 0 Å². The number of fused-ring (bicyclic) bond motifs is 22. The van der Waals surface area contributed by atoms with E-state index in [1.807, 2.05) is 11.3 Å². The molecule has 14 rings (SSSR count). The highest BCUT2D eigenvalue weighted by atomic mass is 32.1. The highest BCUT2D eigenvalue weighted by molar-refractivity contribution is 7.26. The zero-order chi connectivity index (χ0) is 44.5. The lowest BCUT2D eigenvalue weighted by Gasteiger charge is -2.45. The summed E-state index contributed by atoms with van der Waals surface area (Å²) in [6.45, 7) is 14.2. The predicted octanol–water partition coefficient (Wildman–Crippen LogP) is 14.1. The van der Waals surface area contributed by atoms with Crippen LogP contribution in [0.25, 0.3) is 53.6 Å². The number of para-hydroxylation sites is 1. The molecule has 3 aliphatic heterocycles. The summed E-state index contributed by atoms with van der Waals surface area (Å²) in [5.41, 5.74) is 19.6. The van der Waals surface area contributed by atoms with Gasteiger partial charge in [0.25, 0.3) is 0 Å². The van der Waals surface area contributed by atoms with E-state index in [0.717, 1.165) is 0 Å². The van der Waals surface area contributed by atoms with E-state index < -0.39 is 13.5 Å². The first-order valence-electron chi connectivity index (χ1n) is 23.6. The van der Waals surface area contributed by atoms with Crippen LogP contribution in [0.15, 0.2) is 188 Å². The SMILES string of the molecule is CC(C)(C)c1ccc2c(c1)[Si]1(c3ccccc3-c3ccc(N4c5ccccc5C5(c6ccccc6-c6ccccc65)c5cc6c(cc54)sc4ccccc46)cc31)c1cc(C(C)(C)C)ccc1-2. The molecule has 1 aliphatic carbocycles. The lowest BCUT2D eigenvalue weighted by molar-refractivity contribution is 0.590. The van der Waals surface area contributed by atoms with Crippen LogP contribution >= 0.6 is 11.3 Å². The molecule has 0 atom stereocenters. The van der Waals surface area contributed by atoms with Crippen molar-refractivity contribution in [2.45, 2.75) is 57.8 Å². The van der Waals surface area contributed by atoms with Gasteiger partial charge in [-0.15, -0.1) is 11.3 Å². The lowest BCUT2D eigenvalue weighted by atomic mass is 9.64. The van der Waals surface area contributed by atoms with Gasteiger partial charge in [-0.2, -0.15) is 0 Å². The van der Waals surface area contributed by atoms with Crippen molar-refractivity contribution in [1.82, 2.24) is 0 Å². The highest BCUT2D eigenvalue weighted by Gasteiger charge is 2.56. The van der Waals surface area contributed by atoms with Gasteiger partial charge in [0.05, 0.1) is 16.8 Å². The van der Waals surface area contributed by atoms with Crippen molar-refractivity contribution in [1.29, 1.82) is 0 Å². The zero-order valence-corrected chi connectivity index (χ0v) is 40.1. The Hall–Kier alpha value is -6.78. The molecular weight excluding hydrogens is 831 g/mol. The predicted molar refractivity (Wildman–Crippen MR) is 284 cm³/mol. The molecule has 0 N–H and O–H groups in total. The van der Waals surface area contributed by atoms with Crippen LogP contribution in [-0.4, -0.2) is 8.07 Å². The third-order valence-corrected chi connectivity index (χ3v) is 21.8. The van der Waals surface area contributed by atoms with Crippen LogP contribution in [0.4, 0.5) is 17.1 Å². The Morgan fingerprint density at radius 3 is 1.55 bits per heavy atom. The minimum Gasteiger partial charge on any atom is -0.310 e. The fraction of sp³-hybridized carbons (Fsp3) is 0.143. The number of rotatable bonds is 1. The van der Waals surface area contributed by atoms with Crippen LogP contribution < -0.4 is 25.6 Å². The van der Waals surface area contributed by atoms with Crippen LogP contribution in [0.2, 0.25) is 0 Å². The largest absolute Gasteiger partial charge is 0.310 e. The molecule has 0 saturated heterocycles. The smallest absolute Gasteiger partial charge is 0.182 e. The van der Waals surface area contributed by atoms with Crippen LogP contribution in [-0.2, 0) is 16.2 Å². The maximum Gasteiger partial charge on any atom is 0.182 e. The molecule has 1 aromatic heterocycles. The molecule has 9 aromatic carbocycles. The Kier molecular flexibility index (Phi) is 7.56. The van der Waals surface area contributed by atoms with E-state index in [-0.39, 0.29) is 10.8 Å². The Bertz CT molecular complexity index is 3650. The standard InChI is InChI=1S/C63H49NSSi/c1-61(2,3)38-27-30-45-46-31-28-39(62(4,5)6)34-59(46)66(58(45)33-38)57-26-16-10-20-44(57)47-32-29-40(35-60(47)66)64-53-24-14-13-23-51(53)63(49-21-11-7-17-41(49)42-18-8-12-22-50(42)63)52-36-48-43-19-9-15-25-55(43)65-56(48)37-54(52)64/h7-37H,1-6H3. The van der Waals surface area contributed by atoms with Gasteiger partial charge in [0, 0.05) is 25.9 Å². The van der Waals surface area contributed by atoms with Gasteiger partial charge in [-0.1, -0.05) is 193 Å². The number of anilines is 3. The van der Waals surface area contributed by atoms with Crippen molar-refractivity contribution in [3.63, 3.8) is 0 Å². The topological polar surface area (TPSA) is 3.24 Å². The molecule has 2 spiro atoms. The maximum atomic E-state index is 2.65. The Morgan fingerprint density at radius 2 is 0.894 bits per heavy atom. The normalized spacial score (nSPS) is 15.3. The molecule has 1 nitrogen and oxygen atoms in total. The van der Waals surface area contributed by atoms with Gasteiger partial charge >= 0.3 is 0 Å². The fourth-order valence-corrected chi connectivity index (χ4v) is 19.6. The summed E-state index contributed by atoms with van der Waals surface area (Å²) in [6, 6.07) is 73.8. The van der Waals surface area contributed by atoms with E-state index >= 15 is 0 Å². The Morgan fingerprint density at radius 1 is 0.379 bits per heavy atom. The first-order valence-corrected chi connectivity index (χ1v) is 26.4. The first-order chi connectivity index (χ1) is 32.0. The van der Waals surface area contributed by atoms with E-state index in [0.29, 0.717) is 0 Å². The number of benzene rings is 9. The highest BCUT2D eigenvalue weighted by Crippen LogP contribution is 2.64. The number of hydrogen-bond acceptors (Lipinski definition) is 2. The molecule has 66 heavy (non-hydrogen) atoms. The van der Waals surface area contributed by atoms with E-state index in [1.165, 1.54) is 125 Å².